The van der Waals surface area contributed by atoms with E-state index in [0.29, 0.717) is 6.04 Å². The predicted molar refractivity (Wildman–Crippen MR) is 83.7 cm³/mol. The molecule has 5 heteroatoms. The first-order chi connectivity index (χ1) is 10.2. The first-order valence-electron chi connectivity index (χ1n) is 7.46. The van der Waals surface area contributed by atoms with Gasteiger partial charge in [-0.25, -0.2) is 4.79 Å². The normalized spacial score (nSPS) is 17.0. The summed E-state index contributed by atoms with van der Waals surface area (Å²) < 4.78 is 9.95. The molecule has 1 amide bonds. The van der Waals surface area contributed by atoms with Crippen molar-refractivity contribution in [2.24, 2.45) is 5.92 Å². The highest BCUT2D eigenvalue weighted by molar-refractivity contribution is 5.84. The van der Waals surface area contributed by atoms with E-state index < -0.39 is 6.09 Å². The number of carbonyl (C=O) groups excluding carboxylic acids is 1. The molecular formula is C16H24N2O3. The highest BCUT2D eigenvalue weighted by Crippen LogP contribution is 2.22. The number of rotatable bonds is 5. The van der Waals surface area contributed by atoms with Crippen molar-refractivity contribution in [2.75, 3.05) is 31.0 Å². The van der Waals surface area contributed by atoms with Gasteiger partial charge >= 0.3 is 6.09 Å². The van der Waals surface area contributed by atoms with Crippen molar-refractivity contribution in [2.45, 2.75) is 32.2 Å². The SMILES string of the molecule is COC(=O)Nc1ccc(N[C@H](C)CC2CCOCC2)cc1. The Morgan fingerprint density at radius 2 is 1.90 bits per heavy atom. The fourth-order valence-corrected chi connectivity index (χ4v) is 2.64. The standard InChI is InChI=1S/C16H24N2O3/c1-12(11-13-7-9-21-10-8-13)17-14-3-5-15(6-4-14)18-16(19)20-2/h3-6,12-13,17H,7-11H2,1-2H3,(H,18,19)/t12-/m1/s1. The van der Waals surface area contributed by atoms with Crippen molar-refractivity contribution < 1.29 is 14.3 Å². The van der Waals surface area contributed by atoms with Crippen LogP contribution in [-0.2, 0) is 9.47 Å². The Bertz CT molecular complexity index is 441. The first kappa shape index (κ1) is 15.6. The number of hydrogen-bond acceptors (Lipinski definition) is 4. The van der Waals surface area contributed by atoms with Crippen LogP contribution in [0.5, 0.6) is 0 Å². The van der Waals surface area contributed by atoms with Crippen molar-refractivity contribution >= 4 is 17.5 Å². The van der Waals surface area contributed by atoms with Crippen LogP contribution in [0, 0.1) is 5.92 Å². The van der Waals surface area contributed by atoms with E-state index in [1.807, 2.05) is 24.3 Å². The lowest BCUT2D eigenvalue weighted by molar-refractivity contribution is 0.0629. The van der Waals surface area contributed by atoms with Gasteiger partial charge in [0, 0.05) is 30.6 Å². The summed E-state index contributed by atoms with van der Waals surface area (Å²) in [5, 5.41) is 6.13. The van der Waals surface area contributed by atoms with Crippen LogP contribution < -0.4 is 10.6 Å². The van der Waals surface area contributed by atoms with Crippen LogP contribution >= 0.6 is 0 Å². The van der Waals surface area contributed by atoms with E-state index in [4.69, 9.17) is 4.74 Å². The number of benzene rings is 1. The monoisotopic (exact) mass is 292 g/mol. The van der Waals surface area contributed by atoms with Gasteiger partial charge in [0.2, 0.25) is 0 Å². The summed E-state index contributed by atoms with van der Waals surface area (Å²) in [5.41, 5.74) is 1.79. The van der Waals surface area contributed by atoms with E-state index in [1.54, 1.807) is 0 Å². The molecule has 1 aromatic rings. The second-order valence-corrected chi connectivity index (χ2v) is 5.53. The lowest BCUT2D eigenvalue weighted by atomic mass is 9.93. The number of amides is 1. The summed E-state index contributed by atoms with van der Waals surface area (Å²) >= 11 is 0. The van der Waals surface area contributed by atoms with Crippen molar-refractivity contribution in [3.8, 4) is 0 Å². The Hall–Kier alpha value is -1.75. The average molecular weight is 292 g/mol. The quantitative estimate of drug-likeness (QED) is 0.872. The molecular weight excluding hydrogens is 268 g/mol. The Morgan fingerprint density at radius 3 is 2.52 bits per heavy atom. The molecule has 1 aliphatic heterocycles. The molecule has 2 N–H and O–H groups in total. The van der Waals surface area contributed by atoms with Gasteiger partial charge in [-0.3, -0.25) is 5.32 Å². The van der Waals surface area contributed by atoms with Crippen molar-refractivity contribution in [1.29, 1.82) is 0 Å². The third-order valence-electron chi connectivity index (χ3n) is 3.76. The Kier molecular flexibility index (Phi) is 5.87. The molecule has 21 heavy (non-hydrogen) atoms. The van der Waals surface area contributed by atoms with E-state index in [2.05, 4.69) is 22.3 Å². The fraction of sp³-hybridized carbons (Fsp3) is 0.562. The predicted octanol–water partition coefficient (Wildman–Crippen LogP) is 3.48. The van der Waals surface area contributed by atoms with Gasteiger partial charge in [0.25, 0.3) is 0 Å². The Balaban J connectivity index is 1.80. The summed E-state index contributed by atoms with van der Waals surface area (Å²) in [6.07, 6.45) is 3.02. The number of ether oxygens (including phenoxy) is 2. The summed E-state index contributed by atoms with van der Waals surface area (Å²) in [6, 6.07) is 8.07. The molecule has 0 aromatic heterocycles. The Labute approximate surface area is 126 Å². The van der Waals surface area contributed by atoms with Crippen LogP contribution in [0.3, 0.4) is 0 Å². The van der Waals surface area contributed by atoms with Crippen molar-refractivity contribution in [1.82, 2.24) is 0 Å². The molecule has 0 spiro atoms. The molecule has 0 saturated carbocycles. The maximum absolute atomic E-state index is 11.1. The lowest BCUT2D eigenvalue weighted by Gasteiger charge is -2.25. The van der Waals surface area contributed by atoms with Crippen LogP contribution in [0.4, 0.5) is 16.2 Å². The van der Waals surface area contributed by atoms with Gasteiger partial charge in [-0.15, -0.1) is 0 Å². The highest BCUT2D eigenvalue weighted by Gasteiger charge is 2.16. The maximum Gasteiger partial charge on any atom is 0.411 e. The molecule has 1 saturated heterocycles. The summed E-state index contributed by atoms with van der Waals surface area (Å²) in [5.74, 6) is 0.751. The van der Waals surface area contributed by atoms with Crippen LogP contribution in [-0.4, -0.2) is 32.5 Å². The van der Waals surface area contributed by atoms with E-state index in [-0.39, 0.29) is 0 Å². The zero-order valence-corrected chi connectivity index (χ0v) is 12.7. The average Bonchev–Trinajstić information content (AvgIpc) is 2.50. The van der Waals surface area contributed by atoms with Crippen molar-refractivity contribution in [3.05, 3.63) is 24.3 Å². The minimum absolute atomic E-state index is 0.424. The fourth-order valence-electron chi connectivity index (χ4n) is 2.64. The summed E-state index contributed by atoms with van der Waals surface area (Å²) in [4.78, 5) is 11.1. The minimum Gasteiger partial charge on any atom is -0.453 e. The van der Waals surface area contributed by atoms with Gasteiger partial charge < -0.3 is 14.8 Å². The molecule has 2 rings (SSSR count). The summed E-state index contributed by atoms with van der Waals surface area (Å²) in [7, 11) is 1.35. The van der Waals surface area contributed by atoms with Gasteiger partial charge in [-0.2, -0.15) is 0 Å². The number of carbonyl (C=O) groups is 1. The van der Waals surface area contributed by atoms with Crippen molar-refractivity contribution in [3.63, 3.8) is 0 Å². The van der Waals surface area contributed by atoms with Crippen LogP contribution in [0.25, 0.3) is 0 Å². The number of anilines is 2. The molecule has 1 heterocycles. The topological polar surface area (TPSA) is 59.6 Å². The van der Waals surface area contributed by atoms with Gasteiger partial charge in [0.1, 0.15) is 0 Å². The minimum atomic E-state index is -0.455. The van der Waals surface area contributed by atoms with Gasteiger partial charge in [-0.05, 0) is 56.4 Å². The molecule has 0 bridgehead atoms. The largest absolute Gasteiger partial charge is 0.453 e. The second kappa shape index (κ2) is 7.88. The molecule has 1 aliphatic rings. The first-order valence-corrected chi connectivity index (χ1v) is 7.46. The zero-order chi connectivity index (χ0) is 15.1. The van der Waals surface area contributed by atoms with Crippen LogP contribution in [0.15, 0.2) is 24.3 Å². The van der Waals surface area contributed by atoms with Gasteiger partial charge in [0.15, 0.2) is 0 Å². The number of nitrogens with one attached hydrogen (secondary N) is 2. The highest BCUT2D eigenvalue weighted by atomic mass is 16.5. The third-order valence-corrected chi connectivity index (χ3v) is 3.76. The van der Waals surface area contributed by atoms with E-state index >= 15 is 0 Å². The Morgan fingerprint density at radius 1 is 1.29 bits per heavy atom. The van der Waals surface area contributed by atoms with E-state index in [0.717, 1.165) is 49.8 Å². The second-order valence-electron chi connectivity index (χ2n) is 5.53. The van der Waals surface area contributed by atoms with Crippen LogP contribution in [0.1, 0.15) is 26.2 Å². The molecule has 1 aromatic carbocycles. The maximum atomic E-state index is 11.1. The number of hydrogen-bond donors (Lipinski definition) is 2. The molecule has 5 nitrogen and oxygen atoms in total. The van der Waals surface area contributed by atoms with Crippen LogP contribution in [0.2, 0.25) is 0 Å². The summed E-state index contributed by atoms with van der Waals surface area (Å²) in [6.45, 7) is 3.99. The molecule has 1 fully saturated rings. The lowest BCUT2D eigenvalue weighted by Crippen LogP contribution is -2.24. The molecule has 1 atom stereocenters. The molecule has 0 aliphatic carbocycles. The van der Waals surface area contributed by atoms with E-state index in [1.165, 1.54) is 7.11 Å². The molecule has 0 radical (unpaired) electrons. The van der Waals surface area contributed by atoms with Gasteiger partial charge in [-0.1, -0.05) is 0 Å². The van der Waals surface area contributed by atoms with E-state index in [9.17, 15) is 4.79 Å². The third kappa shape index (κ3) is 5.27. The molecule has 116 valence electrons. The number of methoxy groups -OCH3 is 1. The smallest absolute Gasteiger partial charge is 0.411 e. The van der Waals surface area contributed by atoms with Gasteiger partial charge in [0.05, 0.1) is 7.11 Å². The molecule has 0 unspecified atom stereocenters. The zero-order valence-electron chi connectivity index (χ0n) is 12.7.